The molecular formula is C17H27FN2. The number of hydrogen-bond acceptors (Lipinski definition) is 2. The van der Waals surface area contributed by atoms with Crippen LogP contribution in [0, 0.1) is 5.82 Å². The second-order valence-corrected chi connectivity index (χ2v) is 5.66. The van der Waals surface area contributed by atoms with Gasteiger partial charge in [0.05, 0.1) is 0 Å². The van der Waals surface area contributed by atoms with Crippen molar-refractivity contribution in [1.82, 2.24) is 5.32 Å². The molecule has 3 heteroatoms. The predicted molar refractivity (Wildman–Crippen MR) is 83.7 cm³/mol. The predicted octanol–water partition coefficient (Wildman–Crippen LogP) is 4.09. The zero-order valence-corrected chi connectivity index (χ0v) is 12.8. The van der Waals surface area contributed by atoms with Gasteiger partial charge in [-0.15, -0.1) is 0 Å². The van der Waals surface area contributed by atoms with E-state index in [9.17, 15) is 4.39 Å². The van der Waals surface area contributed by atoms with Gasteiger partial charge in [0.1, 0.15) is 5.82 Å². The summed E-state index contributed by atoms with van der Waals surface area (Å²) in [6.45, 7) is 7.10. The molecule has 1 atom stereocenters. The van der Waals surface area contributed by atoms with Crippen molar-refractivity contribution in [3.63, 3.8) is 0 Å². The van der Waals surface area contributed by atoms with Crippen molar-refractivity contribution in [3.05, 3.63) is 29.6 Å². The minimum absolute atomic E-state index is 0.135. The van der Waals surface area contributed by atoms with Gasteiger partial charge in [-0.25, -0.2) is 4.39 Å². The number of anilines is 1. The summed E-state index contributed by atoms with van der Waals surface area (Å²) in [5.41, 5.74) is 2.31. The Labute approximate surface area is 122 Å². The van der Waals surface area contributed by atoms with Crippen molar-refractivity contribution in [2.75, 3.05) is 18.0 Å². The van der Waals surface area contributed by atoms with Crippen LogP contribution in [0.25, 0.3) is 0 Å². The van der Waals surface area contributed by atoms with Crippen LogP contribution in [0.3, 0.4) is 0 Å². The van der Waals surface area contributed by atoms with E-state index in [1.54, 1.807) is 12.1 Å². The summed E-state index contributed by atoms with van der Waals surface area (Å²) in [6, 6.07) is 5.86. The van der Waals surface area contributed by atoms with Gasteiger partial charge in [0, 0.05) is 24.8 Å². The van der Waals surface area contributed by atoms with Gasteiger partial charge >= 0.3 is 0 Å². The van der Waals surface area contributed by atoms with E-state index in [1.807, 2.05) is 6.07 Å². The Morgan fingerprint density at radius 2 is 2.10 bits per heavy atom. The first-order chi connectivity index (χ1) is 9.76. The van der Waals surface area contributed by atoms with Crippen LogP contribution in [-0.2, 0) is 6.54 Å². The Morgan fingerprint density at radius 3 is 2.85 bits per heavy atom. The smallest absolute Gasteiger partial charge is 0.123 e. The molecular weight excluding hydrogens is 251 g/mol. The summed E-state index contributed by atoms with van der Waals surface area (Å²) in [5.74, 6) is -0.135. The molecule has 0 spiro atoms. The van der Waals surface area contributed by atoms with Crippen molar-refractivity contribution >= 4 is 5.69 Å². The van der Waals surface area contributed by atoms with Gasteiger partial charge in [-0.2, -0.15) is 0 Å². The van der Waals surface area contributed by atoms with Gasteiger partial charge in [-0.1, -0.05) is 26.7 Å². The minimum Gasteiger partial charge on any atom is -0.368 e. The highest BCUT2D eigenvalue weighted by Crippen LogP contribution is 2.29. The highest BCUT2D eigenvalue weighted by atomic mass is 19.1. The molecule has 2 rings (SSSR count). The van der Waals surface area contributed by atoms with Gasteiger partial charge in [0.25, 0.3) is 0 Å². The first-order valence-corrected chi connectivity index (χ1v) is 8.02. The van der Waals surface area contributed by atoms with Gasteiger partial charge < -0.3 is 10.2 Å². The molecule has 1 aromatic rings. The van der Waals surface area contributed by atoms with Gasteiger partial charge in [0.2, 0.25) is 0 Å². The topological polar surface area (TPSA) is 15.3 Å². The lowest BCUT2D eigenvalue weighted by molar-refractivity contribution is 0.552. The minimum atomic E-state index is -0.135. The second kappa shape index (κ2) is 7.63. The number of benzene rings is 1. The van der Waals surface area contributed by atoms with Gasteiger partial charge in [-0.05, 0) is 49.6 Å². The number of nitrogens with zero attached hydrogens (tertiary/aromatic N) is 1. The van der Waals surface area contributed by atoms with Crippen LogP contribution in [0.1, 0.15) is 51.5 Å². The molecule has 20 heavy (non-hydrogen) atoms. The van der Waals surface area contributed by atoms with Crippen molar-refractivity contribution in [3.8, 4) is 0 Å². The standard InChI is InChI=1S/C17H27FN2/c1-3-16-8-6-5-7-11-20(16)17-10-9-15(18)12-14(17)13-19-4-2/h9-10,12,16,19H,3-8,11,13H2,1-2H3. The largest absolute Gasteiger partial charge is 0.368 e. The van der Waals surface area contributed by atoms with Crippen LogP contribution in [0.5, 0.6) is 0 Å². The molecule has 1 aliphatic heterocycles. The fraction of sp³-hybridized carbons (Fsp3) is 0.647. The molecule has 0 aromatic heterocycles. The van der Waals surface area contributed by atoms with Gasteiger partial charge in [0.15, 0.2) is 0 Å². The third-order valence-electron chi connectivity index (χ3n) is 4.26. The maximum atomic E-state index is 13.6. The molecule has 2 nitrogen and oxygen atoms in total. The number of hydrogen-bond donors (Lipinski definition) is 1. The van der Waals surface area contributed by atoms with Crippen LogP contribution in [0.2, 0.25) is 0 Å². The van der Waals surface area contributed by atoms with Gasteiger partial charge in [-0.3, -0.25) is 0 Å². The zero-order valence-electron chi connectivity index (χ0n) is 12.8. The summed E-state index contributed by atoms with van der Waals surface area (Å²) in [4.78, 5) is 2.51. The average molecular weight is 278 g/mol. The first-order valence-electron chi connectivity index (χ1n) is 8.02. The quantitative estimate of drug-likeness (QED) is 0.872. The Bertz CT molecular complexity index is 419. The van der Waals surface area contributed by atoms with Crippen LogP contribution in [0.4, 0.5) is 10.1 Å². The van der Waals surface area contributed by atoms with Crippen LogP contribution in [-0.4, -0.2) is 19.1 Å². The fourth-order valence-electron chi connectivity index (χ4n) is 3.15. The lowest BCUT2D eigenvalue weighted by Crippen LogP contribution is -2.35. The highest BCUT2D eigenvalue weighted by Gasteiger charge is 2.21. The highest BCUT2D eigenvalue weighted by molar-refractivity contribution is 5.55. The normalized spacial score (nSPS) is 19.9. The van der Waals surface area contributed by atoms with E-state index in [4.69, 9.17) is 0 Å². The van der Waals surface area contributed by atoms with Crippen LogP contribution in [0.15, 0.2) is 18.2 Å². The Hall–Kier alpha value is -1.09. The van der Waals surface area contributed by atoms with Crippen molar-refractivity contribution in [1.29, 1.82) is 0 Å². The summed E-state index contributed by atoms with van der Waals surface area (Å²) < 4.78 is 13.6. The number of nitrogens with one attached hydrogen (secondary N) is 1. The molecule has 0 saturated carbocycles. The molecule has 0 aliphatic carbocycles. The lowest BCUT2D eigenvalue weighted by atomic mass is 10.0. The Kier molecular flexibility index (Phi) is 5.84. The van der Waals surface area contributed by atoms with E-state index >= 15 is 0 Å². The van der Waals surface area contributed by atoms with Crippen LogP contribution < -0.4 is 10.2 Å². The summed E-state index contributed by atoms with van der Waals surface area (Å²) in [5, 5.41) is 3.33. The summed E-state index contributed by atoms with van der Waals surface area (Å²) in [7, 11) is 0. The van der Waals surface area contributed by atoms with E-state index < -0.39 is 0 Å². The molecule has 0 bridgehead atoms. The Morgan fingerprint density at radius 1 is 1.25 bits per heavy atom. The maximum Gasteiger partial charge on any atom is 0.123 e. The third-order valence-corrected chi connectivity index (χ3v) is 4.26. The van der Waals surface area contributed by atoms with Crippen LogP contribution >= 0.6 is 0 Å². The molecule has 1 N–H and O–H groups in total. The van der Waals surface area contributed by atoms with Crippen molar-refractivity contribution in [2.24, 2.45) is 0 Å². The molecule has 1 saturated heterocycles. The molecule has 0 radical (unpaired) electrons. The van der Waals surface area contributed by atoms with E-state index in [-0.39, 0.29) is 5.82 Å². The lowest BCUT2D eigenvalue weighted by Gasteiger charge is -2.33. The SMILES string of the molecule is CCNCc1cc(F)ccc1N1CCCCCC1CC. The van der Waals surface area contributed by atoms with Crippen molar-refractivity contribution < 1.29 is 4.39 Å². The number of rotatable bonds is 5. The van der Waals surface area contributed by atoms with E-state index in [2.05, 4.69) is 24.1 Å². The molecule has 0 amide bonds. The Balaban J connectivity index is 2.28. The molecule has 1 aliphatic rings. The van der Waals surface area contributed by atoms with E-state index in [0.717, 1.165) is 31.6 Å². The zero-order chi connectivity index (χ0) is 14.4. The maximum absolute atomic E-state index is 13.6. The summed E-state index contributed by atoms with van der Waals surface area (Å²) >= 11 is 0. The summed E-state index contributed by atoms with van der Waals surface area (Å²) in [6.07, 6.45) is 6.30. The molecule has 1 unspecified atom stereocenters. The second-order valence-electron chi connectivity index (χ2n) is 5.66. The first kappa shape index (κ1) is 15.3. The molecule has 1 aromatic carbocycles. The average Bonchev–Trinajstić information content (AvgIpc) is 2.70. The van der Waals surface area contributed by atoms with Crippen molar-refractivity contribution in [2.45, 2.75) is 58.5 Å². The van der Waals surface area contributed by atoms with E-state index in [0.29, 0.717) is 6.04 Å². The number of halogens is 1. The van der Waals surface area contributed by atoms with E-state index in [1.165, 1.54) is 31.4 Å². The molecule has 112 valence electrons. The monoisotopic (exact) mass is 278 g/mol. The molecule has 1 heterocycles. The fourth-order valence-corrected chi connectivity index (χ4v) is 3.15. The molecule has 1 fully saturated rings. The third kappa shape index (κ3) is 3.72.